The summed E-state index contributed by atoms with van der Waals surface area (Å²) in [5.74, 6) is 0.745. The highest BCUT2D eigenvalue weighted by Crippen LogP contribution is 2.45. The minimum atomic E-state index is 0.180. The van der Waals surface area contributed by atoms with Gasteiger partial charge in [-0.3, -0.25) is 0 Å². The molecule has 20 heavy (non-hydrogen) atoms. The Morgan fingerprint density at radius 3 is 2.55 bits per heavy atom. The van der Waals surface area contributed by atoms with Crippen molar-refractivity contribution >= 4 is 16.5 Å². The van der Waals surface area contributed by atoms with Crippen LogP contribution in [0.25, 0.3) is 0 Å². The molecule has 0 spiro atoms. The van der Waals surface area contributed by atoms with E-state index in [1.165, 1.54) is 41.4 Å². The zero-order valence-electron chi connectivity index (χ0n) is 13.2. The van der Waals surface area contributed by atoms with E-state index in [2.05, 4.69) is 38.0 Å². The molecular weight excluding hydrogens is 266 g/mol. The third-order valence-electron chi connectivity index (χ3n) is 4.87. The Morgan fingerprint density at radius 1 is 1.30 bits per heavy atom. The predicted molar refractivity (Wildman–Crippen MR) is 86.7 cm³/mol. The Kier molecular flexibility index (Phi) is 3.80. The van der Waals surface area contributed by atoms with Crippen LogP contribution in [0, 0.1) is 0 Å². The lowest BCUT2D eigenvalue weighted by Crippen LogP contribution is -2.40. The molecule has 0 aromatic carbocycles. The molecule has 2 fully saturated rings. The summed E-state index contributed by atoms with van der Waals surface area (Å²) in [6.07, 6.45) is 6.51. The Morgan fingerprint density at radius 2 is 2.00 bits per heavy atom. The Balaban J connectivity index is 1.78. The molecule has 0 atom stereocenters. The van der Waals surface area contributed by atoms with Gasteiger partial charge in [0, 0.05) is 36.0 Å². The number of rotatable bonds is 7. The summed E-state index contributed by atoms with van der Waals surface area (Å²) in [4.78, 5) is 8.83. The van der Waals surface area contributed by atoms with Gasteiger partial charge >= 0.3 is 0 Å². The van der Waals surface area contributed by atoms with Crippen LogP contribution in [-0.2, 0) is 6.54 Å². The van der Waals surface area contributed by atoms with Crippen LogP contribution in [0.1, 0.15) is 69.4 Å². The van der Waals surface area contributed by atoms with Gasteiger partial charge in [0.2, 0.25) is 0 Å². The molecule has 112 valence electrons. The van der Waals surface area contributed by atoms with E-state index < -0.39 is 0 Å². The van der Waals surface area contributed by atoms with E-state index in [4.69, 9.17) is 4.98 Å². The summed E-state index contributed by atoms with van der Waals surface area (Å²) >= 11 is 1.90. The first-order chi connectivity index (χ1) is 9.51. The van der Waals surface area contributed by atoms with Crippen molar-refractivity contribution in [3.8, 4) is 0 Å². The van der Waals surface area contributed by atoms with Crippen molar-refractivity contribution in [3.63, 3.8) is 0 Å². The molecular formula is C16H27N3S. The van der Waals surface area contributed by atoms with Gasteiger partial charge in [-0.05, 0) is 46.0 Å². The minimum absolute atomic E-state index is 0.180. The van der Waals surface area contributed by atoms with Gasteiger partial charge in [0.1, 0.15) is 0 Å². The molecule has 1 aromatic rings. The van der Waals surface area contributed by atoms with Gasteiger partial charge in [0.15, 0.2) is 5.13 Å². The fourth-order valence-electron chi connectivity index (χ4n) is 2.32. The highest BCUT2D eigenvalue weighted by atomic mass is 32.1. The SMILES string of the molecule is CCC(C)(C)N(C)c1nc(C2CC2)c(CNC2CC2)s1. The number of nitrogens with zero attached hydrogens (tertiary/aromatic N) is 2. The van der Waals surface area contributed by atoms with Crippen molar-refractivity contribution in [1.82, 2.24) is 10.3 Å². The van der Waals surface area contributed by atoms with E-state index in [9.17, 15) is 0 Å². The van der Waals surface area contributed by atoms with Crippen molar-refractivity contribution in [2.75, 3.05) is 11.9 Å². The molecule has 3 nitrogen and oxygen atoms in total. The van der Waals surface area contributed by atoms with Gasteiger partial charge in [-0.25, -0.2) is 4.98 Å². The number of anilines is 1. The summed E-state index contributed by atoms with van der Waals surface area (Å²) in [6.45, 7) is 7.87. The van der Waals surface area contributed by atoms with Gasteiger partial charge in [-0.15, -0.1) is 11.3 Å². The molecule has 4 heteroatoms. The summed E-state index contributed by atoms with van der Waals surface area (Å²) in [5.41, 5.74) is 1.57. The van der Waals surface area contributed by atoms with Crippen molar-refractivity contribution < 1.29 is 0 Å². The Hall–Kier alpha value is -0.610. The molecule has 0 bridgehead atoms. The molecule has 0 amide bonds. The van der Waals surface area contributed by atoms with Gasteiger partial charge in [-0.1, -0.05) is 6.92 Å². The molecule has 1 N–H and O–H groups in total. The summed E-state index contributed by atoms with van der Waals surface area (Å²) in [7, 11) is 2.19. The number of hydrogen-bond acceptors (Lipinski definition) is 4. The van der Waals surface area contributed by atoms with Crippen LogP contribution < -0.4 is 10.2 Å². The lowest BCUT2D eigenvalue weighted by Gasteiger charge is -2.34. The predicted octanol–water partition coefficient (Wildman–Crippen LogP) is 3.90. The van der Waals surface area contributed by atoms with Gasteiger partial charge < -0.3 is 10.2 Å². The number of hydrogen-bond donors (Lipinski definition) is 1. The van der Waals surface area contributed by atoms with Crippen molar-refractivity contribution in [2.24, 2.45) is 0 Å². The first kappa shape index (κ1) is 14.3. The number of nitrogens with one attached hydrogen (secondary N) is 1. The summed E-state index contributed by atoms with van der Waals surface area (Å²) in [6, 6.07) is 0.775. The second-order valence-electron chi connectivity index (χ2n) is 6.96. The van der Waals surface area contributed by atoms with Crippen molar-refractivity contribution in [3.05, 3.63) is 10.6 Å². The smallest absolute Gasteiger partial charge is 0.186 e. The molecule has 1 heterocycles. The summed E-state index contributed by atoms with van der Waals surface area (Å²) < 4.78 is 0. The number of aromatic nitrogens is 1. The van der Waals surface area contributed by atoms with Crippen LogP contribution in [0.4, 0.5) is 5.13 Å². The first-order valence-electron chi connectivity index (χ1n) is 7.98. The van der Waals surface area contributed by atoms with Crippen LogP contribution in [0.15, 0.2) is 0 Å². The normalized spacial score (nSPS) is 19.4. The Bertz CT molecular complexity index is 472. The van der Waals surface area contributed by atoms with Gasteiger partial charge in [-0.2, -0.15) is 0 Å². The maximum absolute atomic E-state index is 4.99. The molecule has 2 aliphatic rings. The Labute approximate surface area is 126 Å². The molecule has 2 aliphatic carbocycles. The molecule has 0 aliphatic heterocycles. The first-order valence-corrected chi connectivity index (χ1v) is 8.79. The third-order valence-corrected chi connectivity index (χ3v) is 6.02. The maximum atomic E-state index is 4.99. The molecule has 3 rings (SSSR count). The second-order valence-corrected chi connectivity index (χ2v) is 8.02. The monoisotopic (exact) mass is 293 g/mol. The molecule has 0 unspecified atom stereocenters. The van der Waals surface area contributed by atoms with E-state index >= 15 is 0 Å². The fraction of sp³-hybridized carbons (Fsp3) is 0.812. The van der Waals surface area contributed by atoms with Crippen LogP contribution in [0.2, 0.25) is 0 Å². The molecule has 0 saturated heterocycles. The minimum Gasteiger partial charge on any atom is -0.346 e. The molecule has 0 radical (unpaired) electrons. The van der Waals surface area contributed by atoms with Gasteiger partial charge in [0.25, 0.3) is 0 Å². The highest BCUT2D eigenvalue weighted by molar-refractivity contribution is 7.15. The van der Waals surface area contributed by atoms with Gasteiger partial charge in [0.05, 0.1) is 5.69 Å². The van der Waals surface area contributed by atoms with E-state index in [0.29, 0.717) is 0 Å². The summed E-state index contributed by atoms with van der Waals surface area (Å²) in [5, 5.41) is 4.85. The topological polar surface area (TPSA) is 28.2 Å². The standard InChI is InChI=1S/C16H27N3S/c1-5-16(2,3)19(4)15-18-14(11-6-7-11)13(20-15)10-17-12-8-9-12/h11-12,17H,5-10H2,1-4H3. The molecule has 1 aromatic heterocycles. The third kappa shape index (κ3) is 3.01. The maximum Gasteiger partial charge on any atom is 0.186 e. The van der Waals surface area contributed by atoms with Crippen LogP contribution in [-0.4, -0.2) is 23.6 Å². The largest absolute Gasteiger partial charge is 0.346 e. The lowest BCUT2D eigenvalue weighted by atomic mass is 10.0. The lowest BCUT2D eigenvalue weighted by molar-refractivity contribution is 0.470. The zero-order chi connectivity index (χ0) is 14.3. The van der Waals surface area contributed by atoms with E-state index in [-0.39, 0.29) is 5.54 Å². The van der Waals surface area contributed by atoms with Crippen LogP contribution >= 0.6 is 11.3 Å². The zero-order valence-corrected chi connectivity index (χ0v) is 14.0. The number of thiazole rings is 1. The average Bonchev–Trinajstić information content (AvgIpc) is 3.34. The van der Waals surface area contributed by atoms with Crippen molar-refractivity contribution in [2.45, 2.75) is 76.9 Å². The van der Waals surface area contributed by atoms with Crippen LogP contribution in [0.3, 0.4) is 0 Å². The van der Waals surface area contributed by atoms with E-state index in [0.717, 1.165) is 24.9 Å². The quantitative estimate of drug-likeness (QED) is 0.826. The average molecular weight is 293 g/mol. The van der Waals surface area contributed by atoms with Crippen LogP contribution in [0.5, 0.6) is 0 Å². The van der Waals surface area contributed by atoms with Crippen molar-refractivity contribution in [1.29, 1.82) is 0 Å². The fourth-order valence-corrected chi connectivity index (χ4v) is 3.54. The molecule has 2 saturated carbocycles. The highest BCUT2D eigenvalue weighted by Gasteiger charge is 2.32. The van der Waals surface area contributed by atoms with E-state index in [1.807, 2.05) is 11.3 Å². The second kappa shape index (κ2) is 5.30. The van der Waals surface area contributed by atoms with E-state index in [1.54, 1.807) is 0 Å².